The van der Waals surface area contributed by atoms with E-state index in [4.69, 9.17) is 4.74 Å². The molecule has 2 saturated heterocycles. The minimum atomic E-state index is -3.67. The maximum Gasteiger partial charge on any atom is 0.338 e. The van der Waals surface area contributed by atoms with Crippen LogP contribution in [0.5, 0.6) is 0 Å². The first-order chi connectivity index (χ1) is 16.0. The van der Waals surface area contributed by atoms with Crippen LogP contribution in [0, 0.1) is 0 Å². The fourth-order valence-corrected chi connectivity index (χ4v) is 5.99. The number of esters is 1. The van der Waals surface area contributed by atoms with Gasteiger partial charge in [-0.2, -0.15) is 4.31 Å². The second-order valence-corrected chi connectivity index (χ2v) is 10.7. The first-order valence-electron chi connectivity index (χ1n) is 11.8. The average Bonchev–Trinajstić information content (AvgIpc) is 2.85. The van der Waals surface area contributed by atoms with Crippen molar-refractivity contribution in [3.05, 3.63) is 65.7 Å². The lowest BCUT2D eigenvalue weighted by atomic mass is 10.1. The molecule has 0 aliphatic carbocycles. The number of rotatable bonds is 7. The summed E-state index contributed by atoms with van der Waals surface area (Å²) in [6, 6.07) is 16.4. The fraction of sp³-hybridized carbons (Fsp3) is 0.480. The van der Waals surface area contributed by atoms with E-state index in [1.807, 2.05) is 18.2 Å². The molecule has 2 aromatic carbocycles. The third-order valence-electron chi connectivity index (χ3n) is 6.47. The van der Waals surface area contributed by atoms with Crippen molar-refractivity contribution in [1.82, 2.24) is 14.1 Å². The van der Waals surface area contributed by atoms with Crippen LogP contribution in [0.4, 0.5) is 0 Å². The van der Waals surface area contributed by atoms with Gasteiger partial charge in [0, 0.05) is 39.3 Å². The van der Waals surface area contributed by atoms with E-state index in [1.54, 1.807) is 18.2 Å². The van der Waals surface area contributed by atoms with Gasteiger partial charge in [0.15, 0.2) is 0 Å². The number of likely N-dealkylation sites (tertiary alicyclic amines) is 1. The zero-order valence-corrected chi connectivity index (χ0v) is 20.0. The lowest BCUT2D eigenvalue weighted by molar-refractivity contribution is 0.00772. The highest BCUT2D eigenvalue weighted by Gasteiger charge is 2.29. The number of carbonyl (C=O) groups excluding carboxylic acids is 1. The molecule has 33 heavy (non-hydrogen) atoms. The molecule has 0 spiro atoms. The number of piperazine rings is 1. The van der Waals surface area contributed by atoms with Gasteiger partial charge in [-0.3, -0.25) is 9.80 Å². The lowest BCUT2D eigenvalue weighted by Gasteiger charge is -2.34. The molecule has 0 bridgehead atoms. The Labute approximate surface area is 197 Å². The molecule has 2 aliphatic heterocycles. The van der Waals surface area contributed by atoms with E-state index in [-0.39, 0.29) is 16.6 Å². The van der Waals surface area contributed by atoms with Gasteiger partial charge < -0.3 is 4.74 Å². The number of nitrogens with zero attached hydrogens (tertiary/aromatic N) is 3. The highest BCUT2D eigenvalue weighted by atomic mass is 32.2. The predicted molar refractivity (Wildman–Crippen MR) is 127 cm³/mol. The minimum absolute atomic E-state index is 0.146. The van der Waals surface area contributed by atoms with Crippen molar-refractivity contribution in [2.24, 2.45) is 0 Å². The Morgan fingerprint density at radius 2 is 1.73 bits per heavy atom. The van der Waals surface area contributed by atoms with Gasteiger partial charge in [0.1, 0.15) is 6.10 Å². The molecule has 2 heterocycles. The van der Waals surface area contributed by atoms with Crippen LogP contribution in [0.2, 0.25) is 0 Å². The van der Waals surface area contributed by atoms with Crippen molar-refractivity contribution in [3.63, 3.8) is 0 Å². The molecular formula is C25H33N3O4S. The minimum Gasteiger partial charge on any atom is -0.457 e. The molecular weight excluding hydrogens is 438 g/mol. The Kier molecular flexibility index (Phi) is 7.80. The van der Waals surface area contributed by atoms with Gasteiger partial charge in [-0.15, -0.1) is 0 Å². The van der Waals surface area contributed by atoms with Crippen molar-refractivity contribution in [1.29, 1.82) is 0 Å². The number of likely N-dealkylation sites (N-methyl/N-ethyl adjacent to an activating group) is 1. The summed E-state index contributed by atoms with van der Waals surface area (Å²) >= 11 is 0. The summed E-state index contributed by atoms with van der Waals surface area (Å²) < 4.78 is 33.7. The van der Waals surface area contributed by atoms with E-state index < -0.39 is 16.0 Å². The largest absolute Gasteiger partial charge is 0.457 e. The molecule has 1 atom stereocenters. The second kappa shape index (κ2) is 10.8. The summed E-state index contributed by atoms with van der Waals surface area (Å²) in [6.45, 7) is 7.80. The fourth-order valence-electron chi connectivity index (χ4n) is 4.52. The number of benzene rings is 2. The SMILES string of the molecule is CCN1CCCC(OC(=O)c2cccc(S(=O)(=O)N3CCN(Cc4ccccc4)CC3)c2)C1. The van der Waals surface area contributed by atoms with Crippen LogP contribution >= 0.6 is 0 Å². The van der Waals surface area contributed by atoms with Crippen molar-refractivity contribution < 1.29 is 17.9 Å². The monoisotopic (exact) mass is 471 g/mol. The van der Waals surface area contributed by atoms with Crippen LogP contribution in [-0.4, -0.2) is 80.4 Å². The summed E-state index contributed by atoms with van der Waals surface area (Å²) in [5.74, 6) is -0.456. The lowest BCUT2D eigenvalue weighted by Crippen LogP contribution is -2.48. The number of hydrogen-bond donors (Lipinski definition) is 0. The van der Waals surface area contributed by atoms with Gasteiger partial charge in [0.25, 0.3) is 0 Å². The maximum absolute atomic E-state index is 13.2. The summed E-state index contributed by atoms with van der Waals surface area (Å²) in [5.41, 5.74) is 1.51. The standard InChI is InChI=1S/C25H33N3O4S/c1-2-26-13-7-11-23(20-26)32-25(29)22-10-6-12-24(18-22)33(30,31)28-16-14-27(15-17-28)19-21-8-4-3-5-9-21/h3-6,8-10,12,18,23H,2,7,11,13-17,19-20H2,1H3. The van der Waals surface area contributed by atoms with Gasteiger partial charge >= 0.3 is 5.97 Å². The summed E-state index contributed by atoms with van der Waals surface area (Å²) in [6.07, 6.45) is 1.69. The van der Waals surface area contributed by atoms with E-state index in [2.05, 4.69) is 28.9 Å². The first-order valence-corrected chi connectivity index (χ1v) is 13.2. The number of sulfonamides is 1. The molecule has 0 amide bonds. The molecule has 2 fully saturated rings. The van der Waals surface area contributed by atoms with Crippen LogP contribution < -0.4 is 0 Å². The zero-order valence-electron chi connectivity index (χ0n) is 19.2. The number of carbonyl (C=O) groups is 1. The molecule has 178 valence electrons. The smallest absolute Gasteiger partial charge is 0.338 e. The second-order valence-electron chi connectivity index (χ2n) is 8.76. The quantitative estimate of drug-likeness (QED) is 0.579. The average molecular weight is 472 g/mol. The van der Waals surface area contributed by atoms with Crippen molar-refractivity contribution in [2.75, 3.05) is 45.8 Å². The van der Waals surface area contributed by atoms with Gasteiger partial charge in [0.05, 0.1) is 10.5 Å². The molecule has 4 rings (SSSR count). The van der Waals surface area contributed by atoms with Crippen molar-refractivity contribution in [3.8, 4) is 0 Å². The Balaban J connectivity index is 1.37. The maximum atomic E-state index is 13.2. The van der Waals surface area contributed by atoms with Gasteiger partial charge in [-0.05, 0) is 49.7 Å². The number of ether oxygens (including phenoxy) is 1. The van der Waals surface area contributed by atoms with Gasteiger partial charge in [-0.1, -0.05) is 43.3 Å². The van der Waals surface area contributed by atoms with Gasteiger partial charge in [0.2, 0.25) is 10.0 Å². The summed E-state index contributed by atoms with van der Waals surface area (Å²) in [7, 11) is -3.67. The van der Waals surface area contributed by atoms with Crippen LogP contribution in [0.15, 0.2) is 59.5 Å². The molecule has 0 radical (unpaired) electrons. The summed E-state index contributed by atoms with van der Waals surface area (Å²) in [5, 5.41) is 0. The van der Waals surface area contributed by atoms with E-state index in [9.17, 15) is 13.2 Å². The molecule has 0 N–H and O–H groups in total. The van der Waals surface area contributed by atoms with E-state index in [0.29, 0.717) is 26.2 Å². The third kappa shape index (κ3) is 6.00. The van der Waals surface area contributed by atoms with E-state index >= 15 is 0 Å². The molecule has 2 aromatic rings. The predicted octanol–water partition coefficient (Wildman–Crippen LogP) is 2.83. The van der Waals surface area contributed by atoms with E-state index in [1.165, 1.54) is 15.9 Å². The molecule has 7 nitrogen and oxygen atoms in total. The Morgan fingerprint density at radius 1 is 0.970 bits per heavy atom. The molecule has 1 unspecified atom stereocenters. The van der Waals surface area contributed by atoms with E-state index in [0.717, 1.165) is 39.0 Å². The Bertz CT molecular complexity index is 1040. The zero-order chi connectivity index (χ0) is 23.3. The van der Waals surface area contributed by atoms with Crippen LogP contribution in [0.1, 0.15) is 35.7 Å². The number of piperidine rings is 1. The van der Waals surface area contributed by atoms with Crippen LogP contribution in [-0.2, 0) is 21.3 Å². The normalized spacial score (nSPS) is 21.1. The topological polar surface area (TPSA) is 70.2 Å². The van der Waals surface area contributed by atoms with Crippen LogP contribution in [0.25, 0.3) is 0 Å². The Hall–Kier alpha value is -2.26. The van der Waals surface area contributed by atoms with Crippen molar-refractivity contribution >= 4 is 16.0 Å². The first kappa shape index (κ1) is 23.9. The molecule has 0 aromatic heterocycles. The highest BCUT2D eigenvalue weighted by Crippen LogP contribution is 2.21. The van der Waals surface area contributed by atoms with Gasteiger partial charge in [-0.25, -0.2) is 13.2 Å². The number of hydrogen-bond acceptors (Lipinski definition) is 6. The molecule has 0 saturated carbocycles. The molecule has 8 heteroatoms. The van der Waals surface area contributed by atoms with Crippen LogP contribution in [0.3, 0.4) is 0 Å². The molecule has 2 aliphatic rings. The third-order valence-corrected chi connectivity index (χ3v) is 8.37. The Morgan fingerprint density at radius 3 is 2.45 bits per heavy atom. The highest BCUT2D eigenvalue weighted by molar-refractivity contribution is 7.89. The summed E-state index contributed by atoms with van der Waals surface area (Å²) in [4.78, 5) is 17.4. The van der Waals surface area contributed by atoms with Crippen molar-refractivity contribution in [2.45, 2.75) is 37.3 Å².